The van der Waals surface area contributed by atoms with E-state index in [0.29, 0.717) is 26.2 Å². The van der Waals surface area contributed by atoms with Gasteiger partial charge in [-0.1, -0.05) is 0 Å². The van der Waals surface area contributed by atoms with E-state index in [-0.39, 0.29) is 54.2 Å². The van der Waals surface area contributed by atoms with Crippen LogP contribution in [0.2, 0.25) is 0 Å². The van der Waals surface area contributed by atoms with Gasteiger partial charge < -0.3 is 29.5 Å². The molecule has 9 nitrogen and oxygen atoms in total. The Labute approximate surface area is 190 Å². The Hall–Kier alpha value is -1.30. The third kappa shape index (κ3) is 6.09. The number of carbonyl (C=O) groups is 2. The van der Waals surface area contributed by atoms with Crippen LogP contribution >= 0.6 is 24.0 Å². The van der Waals surface area contributed by atoms with Crippen LogP contribution in [0, 0.1) is 0 Å². The van der Waals surface area contributed by atoms with Crippen molar-refractivity contribution in [1.29, 1.82) is 0 Å². The minimum absolute atomic E-state index is 0. The van der Waals surface area contributed by atoms with Crippen molar-refractivity contribution < 1.29 is 19.1 Å². The van der Waals surface area contributed by atoms with E-state index >= 15 is 0 Å². The number of likely N-dealkylation sites (N-methyl/N-ethyl adjacent to an activating group) is 1. The molecule has 3 rings (SSSR count). The van der Waals surface area contributed by atoms with E-state index in [0.717, 1.165) is 25.3 Å². The monoisotopic (exact) mass is 523 g/mol. The van der Waals surface area contributed by atoms with E-state index in [9.17, 15) is 9.59 Å². The Morgan fingerprint density at radius 2 is 2.00 bits per heavy atom. The normalized spacial score (nSPS) is 26.4. The first-order chi connectivity index (χ1) is 13.1. The lowest BCUT2D eigenvalue weighted by Gasteiger charge is -2.39. The lowest BCUT2D eigenvalue weighted by Crippen LogP contribution is -2.58. The van der Waals surface area contributed by atoms with E-state index in [1.807, 2.05) is 20.8 Å². The van der Waals surface area contributed by atoms with Crippen molar-refractivity contribution in [3.05, 3.63) is 0 Å². The zero-order valence-corrected chi connectivity index (χ0v) is 20.3. The van der Waals surface area contributed by atoms with Gasteiger partial charge in [0.15, 0.2) is 5.96 Å². The summed E-state index contributed by atoms with van der Waals surface area (Å²) in [6.45, 7) is 8.89. The van der Waals surface area contributed by atoms with Gasteiger partial charge in [0.25, 0.3) is 5.91 Å². The SMILES string of the molecule is CN(C)C(=O)C1CCC(CNC2=NCC3CN(C(=O)OC(C)(C)C)CCN23)O1.I. The highest BCUT2D eigenvalue weighted by molar-refractivity contribution is 14.0. The fourth-order valence-electron chi connectivity index (χ4n) is 3.75. The highest BCUT2D eigenvalue weighted by Crippen LogP contribution is 2.22. The number of ether oxygens (including phenoxy) is 2. The summed E-state index contributed by atoms with van der Waals surface area (Å²) < 4.78 is 11.4. The lowest BCUT2D eigenvalue weighted by molar-refractivity contribution is -0.140. The first-order valence-corrected chi connectivity index (χ1v) is 10.0. The van der Waals surface area contributed by atoms with Crippen LogP contribution in [0.15, 0.2) is 4.99 Å². The predicted molar refractivity (Wildman–Crippen MR) is 121 cm³/mol. The molecule has 0 saturated carbocycles. The molecule has 0 radical (unpaired) electrons. The van der Waals surface area contributed by atoms with Crippen molar-refractivity contribution in [3.63, 3.8) is 0 Å². The summed E-state index contributed by atoms with van der Waals surface area (Å²) in [5, 5.41) is 3.39. The molecule has 166 valence electrons. The largest absolute Gasteiger partial charge is 0.444 e. The summed E-state index contributed by atoms with van der Waals surface area (Å²) >= 11 is 0. The Balaban J connectivity index is 0.00000300. The molecule has 0 aromatic heterocycles. The quantitative estimate of drug-likeness (QED) is 0.559. The molecular weight excluding hydrogens is 489 g/mol. The van der Waals surface area contributed by atoms with Crippen LogP contribution in [0.25, 0.3) is 0 Å². The summed E-state index contributed by atoms with van der Waals surface area (Å²) in [7, 11) is 3.50. The van der Waals surface area contributed by atoms with Gasteiger partial charge in [-0.2, -0.15) is 0 Å². The molecule has 3 aliphatic heterocycles. The van der Waals surface area contributed by atoms with Gasteiger partial charge >= 0.3 is 6.09 Å². The molecule has 2 amide bonds. The van der Waals surface area contributed by atoms with Crippen molar-refractivity contribution in [2.45, 2.75) is 57.5 Å². The lowest BCUT2D eigenvalue weighted by atomic mass is 10.2. The van der Waals surface area contributed by atoms with Gasteiger partial charge in [0.05, 0.1) is 18.7 Å². The summed E-state index contributed by atoms with van der Waals surface area (Å²) in [5.74, 6) is 0.888. The molecule has 0 aromatic carbocycles. The highest BCUT2D eigenvalue weighted by atomic mass is 127. The number of amides is 2. The van der Waals surface area contributed by atoms with Crippen molar-refractivity contribution >= 4 is 41.9 Å². The molecule has 29 heavy (non-hydrogen) atoms. The molecule has 3 heterocycles. The van der Waals surface area contributed by atoms with Crippen LogP contribution < -0.4 is 5.32 Å². The second-order valence-corrected chi connectivity index (χ2v) is 8.88. The zero-order chi connectivity index (χ0) is 20.5. The summed E-state index contributed by atoms with van der Waals surface area (Å²) in [6, 6.07) is 0.177. The topological polar surface area (TPSA) is 86.7 Å². The third-order valence-electron chi connectivity index (χ3n) is 5.17. The Bertz CT molecular complexity index is 637. The number of rotatable bonds is 3. The Morgan fingerprint density at radius 1 is 1.28 bits per heavy atom. The Morgan fingerprint density at radius 3 is 2.66 bits per heavy atom. The predicted octanol–water partition coefficient (Wildman–Crippen LogP) is 1.12. The highest BCUT2D eigenvalue weighted by Gasteiger charge is 2.37. The van der Waals surface area contributed by atoms with Gasteiger partial charge in [-0.25, -0.2) is 4.79 Å². The summed E-state index contributed by atoms with van der Waals surface area (Å²) in [6.07, 6.45) is 1.04. The minimum atomic E-state index is -0.486. The third-order valence-corrected chi connectivity index (χ3v) is 5.17. The average Bonchev–Trinajstić information content (AvgIpc) is 3.24. The van der Waals surface area contributed by atoms with Crippen LogP contribution in [-0.4, -0.2) is 103 Å². The van der Waals surface area contributed by atoms with Crippen LogP contribution in [0.3, 0.4) is 0 Å². The van der Waals surface area contributed by atoms with Gasteiger partial charge in [-0.3, -0.25) is 9.79 Å². The first-order valence-electron chi connectivity index (χ1n) is 10.0. The number of hydrogen-bond acceptors (Lipinski definition) is 7. The van der Waals surface area contributed by atoms with Crippen LogP contribution in [0.1, 0.15) is 33.6 Å². The second kappa shape index (κ2) is 9.67. The van der Waals surface area contributed by atoms with Gasteiger partial charge in [0.1, 0.15) is 11.7 Å². The number of guanidine groups is 1. The molecule has 3 atom stereocenters. The molecule has 0 spiro atoms. The standard InChI is InChI=1S/C19H33N5O4.HI/c1-19(2,3)28-18(26)23-8-9-24-13(12-23)10-20-17(24)21-11-14-6-7-15(27-14)16(25)22(4)5;/h13-15H,6-12H2,1-5H3,(H,20,21);1H. The van der Waals surface area contributed by atoms with Crippen molar-refractivity contribution in [2.75, 3.05) is 46.8 Å². The number of nitrogens with one attached hydrogen (secondary N) is 1. The number of halogens is 1. The van der Waals surface area contributed by atoms with Crippen LogP contribution in [0.5, 0.6) is 0 Å². The van der Waals surface area contributed by atoms with E-state index in [1.54, 1.807) is 23.9 Å². The first kappa shape index (κ1) is 24.0. The molecule has 2 fully saturated rings. The number of hydrogen-bond donors (Lipinski definition) is 1. The average molecular weight is 523 g/mol. The van der Waals surface area contributed by atoms with Crippen molar-refractivity contribution in [1.82, 2.24) is 20.0 Å². The smallest absolute Gasteiger partial charge is 0.410 e. The maximum atomic E-state index is 12.3. The van der Waals surface area contributed by atoms with Crippen molar-refractivity contribution in [2.24, 2.45) is 4.99 Å². The molecule has 0 aromatic rings. The molecule has 10 heteroatoms. The molecule has 3 unspecified atom stereocenters. The zero-order valence-electron chi connectivity index (χ0n) is 18.0. The number of fused-ring (bicyclic) bond motifs is 1. The van der Waals surface area contributed by atoms with Gasteiger partial charge in [0, 0.05) is 40.3 Å². The van der Waals surface area contributed by atoms with E-state index in [2.05, 4.69) is 15.2 Å². The van der Waals surface area contributed by atoms with Gasteiger partial charge in [0.2, 0.25) is 0 Å². The maximum Gasteiger partial charge on any atom is 0.410 e. The van der Waals surface area contributed by atoms with E-state index in [1.165, 1.54) is 0 Å². The fourth-order valence-corrected chi connectivity index (χ4v) is 3.75. The number of carbonyl (C=O) groups excluding carboxylic acids is 2. The number of piperazine rings is 1. The molecule has 1 N–H and O–H groups in total. The number of nitrogens with zero attached hydrogens (tertiary/aromatic N) is 4. The summed E-state index contributed by atoms with van der Waals surface area (Å²) in [5.41, 5.74) is -0.486. The molecule has 2 saturated heterocycles. The Kier molecular flexibility index (Phi) is 8.00. The number of aliphatic imine (C=N–C) groups is 1. The van der Waals surface area contributed by atoms with Crippen LogP contribution in [-0.2, 0) is 14.3 Å². The van der Waals surface area contributed by atoms with E-state index in [4.69, 9.17) is 9.47 Å². The minimum Gasteiger partial charge on any atom is -0.444 e. The molecule has 0 bridgehead atoms. The van der Waals surface area contributed by atoms with Gasteiger partial charge in [-0.05, 0) is 33.6 Å². The summed E-state index contributed by atoms with van der Waals surface area (Å²) in [4.78, 5) is 34.5. The molecule has 3 aliphatic rings. The molecular formula is C19H34IN5O4. The fraction of sp³-hybridized carbons (Fsp3) is 0.842. The molecule has 0 aliphatic carbocycles. The van der Waals surface area contributed by atoms with Crippen molar-refractivity contribution in [3.8, 4) is 0 Å². The van der Waals surface area contributed by atoms with Gasteiger partial charge in [-0.15, -0.1) is 24.0 Å². The van der Waals surface area contributed by atoms with Crippen LogP contribution in [0.4, 0.5) is 4.79 Å². The second-order valence-electron chi connectivity index (χ2n) is 8.88. The maximum absolute atomic E-state index is 12.3. The van der Waals surface area contributed by atoms with E-state index < -0.39 is 5.60 Å².